The molecule has 3 aromatic rings. The Labute approximate surface area is 185 Å². The lowest BCUT2D eigenvalue weighted by atomic mass is 9.72. The number of hydrogen-bond donors (Lipinski definition) is 0. The fourth-order valence-corrected chi connectivity index (χ4v) is 4.89. The van der Waals surface area contributed by atoms with Crippen LogP contribution in [0.15, 0.2) is 54.7 Å². The molecule has 0 amide bonds. The highest BCUT2D eigenvalue weighted by Gasteiger charge is 2.38. The number of pyridine rings is 1. The minimum atomic E-state index is -2.37. The van der Waals surface area contributed by atoms with E-state index in [1.54, 1.807) is 24.4 Å². The van der Waals surface area contributed by atoms with Gasteiger partial charge in [-0.25, -0.2) is 4.57 Å². The van der Waals surface area contributed by atoms with Crippen LogP contribution in [0.2, 0.25) is 0 Å². The molecule has 1 nitrogen and oxygen atoms in total. The van der Waals surface area contributed by atoms with E-state index in [-0.39, 0.29) is 5.56 Å². The van der Waals surface area contributed by atoms with Crippen molar-refractivity contribution in [2.24, 2.45) is 12.5 Å². The third-order valence-corrected chi connectivity index (χ3v) is 6.48. The lowest BCUT2D eigenvalue weighted by Crippen LogP contribution is -2.31. The van der Waals surface area contributed by atoms with E-state index in [9.17, 15) is 0 Å². The highest BCUT2D eigenvalue weighted by atomic mass is 14.9. The molecule has 1 fully saturated rings. The number of benzene rings is 2. The number of fused-ring (bicyclic) bond motifs is 1. The van der Waals surface area contributed by atoms with Crippen LogP contribution in [0.1, 0.15) is 64.0 Å². The van der Waals surface area contributed by atoms with Crippen molar-refractivity contribution in [1.29, 1.82) is 0 Å². The van der Waals surface area contributed by atoms with Gasteiger partial charge < -0.3 is 0 Å². The molecule has 0 atom stereocenters. The zero-order valence-corrected chi connectivity index (χ0v) is 17.2. The summed E-state index contributed by atoms with van der Waals surface area (Å²) in [7, 11) is 1.84. The molecule has 2 aliphatic rings. The van der Waals surface area contributed by atoms with E-state index in [4.69, 9.17) is 9.60 Å². The Kier molecular flexibility index (Phi) is 3.03. The summed E-state index contributed by atoms with van der Waals surface area (Å²) in [5.74, 6) is 0. The Morgan fingerprint density at radius 2 is 1.69 bits per heavy atom. The third-order valence-electron chi connectivity index (χ3n) is 6.48. The van der Waals surface area contributed by atoms with Gasteiger partial charge in [-0.05, 0) is 78.7 Å². The van der Waals surface area contributed by atoms with Crippen molar-refractivity contribution in [1.82, 2.24) is 0 Å². The Morgan fingerprint density at radius 1 is 0.897 bits per heavy atom. The molecule has 0 radical (unpaired) electrons. The lowest BCUT2D eigenvalue weighted by Gasteiger charge is -2.33. The van der Waals surface area contributed by atoms with Crippen LogP contribution in [0.5, 0.6) is 0 Å². The minimum Gasteiger partial charge on any atom is -0.201 e. The van der Waals surface area contributed by atoms with Crippen LogP contribution in [-0.2, 0) is 19.8 Å². The first kappa shape index (κ1) is 12.3. The van der Waals surface area contributed by atoms with Gasteiger partial charge in [0, 0.05) is 26.8 Å². The van der Waals surface area contributed by atoms with E-state index in [0.29, 0.717) is 35.1 Å². The van der Waals surface area contributed by atoms with Crippen molar-refractivity contribution < 1.29 is 14.2 Å². The zero-order valence-electron chi connectivity index (χ0n) is 24.2. The molecule has 1 heterocycles. The maximum Gasteiger partial charge on any atom is 0.213 e. The van der Waals surface area contributed by atoms with E-state index < -0.39 is 25.0 Å². The third kappa shape index (κ3) is 3.31. The largest absolute Gasteiger partial charge is 0.213 e. The van der Waals surface area contributed by atoms with E-state index in [0.717, 1.165) is 36.1 Å². The van der Waals surface area contributed by atoms with Gasteiger partial charge in [0.05, 0.1) is 0 Å². The maximum atomic E-state index is 9.15. The molecule has 1 aromatic heterocycles. The van der Waals surface area contributed by atoms with Crippen molar-refractivity contribution in [2.45, 2.75) is 58.6 Å². The molecule has 0 aliphatic heterocycles. The topological polar surface area (TPSA) is 3.88 Å². The van der Waals surface area contributed by atoms with E-state index in [2.05, 4.69) is 0 Å². The molecule has 1 saturated carbocycles. The van der Waals surface area contributed by atoms with E-state index >= 15 is 0 Å². The quantitative estimate of drug-likeness (QED) is 0.440. The van der Waals surface area contributed by atoms with Gasteiger partial charge >= 0.3 is 0 Å². The van der Waals surface area contributed by atoms with Crippen LogP contribution in [-0.4, -0.2) is 0 Å². The number of nitrogens with zero attached hydrogens (tertiary/aromatic N) is 1. The first-order chi connectivity index (χ1) is 16.8. The van der Waals surface area contributed by atoms with Gasteiger partial charge in [0.15, 0.2) is 6.20 Å². The number of aromatic nitrogens is 1. The van der Waals surface area contributed by atoms with Crippen LogP contribution >= 0.6 is 0 Å². The molecule has 0 N–H and O–H groups in total. The fourth-order valence-electron chi connectivity index (χ4n) is 4.89. The summed E-state index contributed by atoms with van der Waals surface area (Å²) < 4.78 is 62.8. The molecule has 0 unspecified atom stereocenters. The van der Waals surface area contributed by atoms with Gasteiger partial charge in [0.1, 0.15) is 7.05 Å². The molecule has 0 bridgehead atoms. The van der Waals surface area contributed by atoms with Crippen LogP contribution in [0.3, 0.4) is 0 Å². The molecule has 5 rings (SSSR count). The molecular formula is C28H32N+. The summed E-state index contributed by atoms with van der Waals surface area (Å²) in [6.45, 7) is -0.350. The highest BCUT2D eigenvalue weighted by Crippen LogP contribution is 2.48. The first-order valence-electron chi connectivity index (χ1n) is 14.1. The van der Waals surface area contributed by atoms with Crippen molar-refractivity contribution in [3.8, 4) is 22.4 Å². The SMILES string of the molecule is [2H]C([2H])([2H])c1c[n+](C)c(-c2ccccc2C)cc1-c1ccc2c(c1)C([2H])([2H])C1(CCCCC1)C2([2H])[2H]. The molecule has 2 aromatic carbocycles. The van der Waals surface area contributed by atoms with Gasteiger partial charge in [-0.1, -0.05) is 55.7 Å². The van der Waals surface area contributed by atoms with Gasteiger partial charge in [-0.2, -0.15) is 0 Å². The number of hydrogen-bond acceptors (Lipinski definition) is 0. The average molecular weight is 390 g/mol. The molecule has 1 heteroatoms. The molecule has 0 saturated heterocycles. The van der Waals surface area contributed by atoms with E-state index in [1.807, 2.05) is 48.9 Å². The summed E-state index contributed by atoms with van der Waals surface area (Å²) in [6.07, 6.45) is 1.67. The van der Waals surface area contributed by atoms with E-state index in [1.165, 1.54) is 0 Å². The number of rotatable bonds is 2. The van der Waals surface area contributed by atoms with Crippen molar-refractivity contribution in [3.63, 3.8) is 0 Å². The summed E-state index contributed by atoms with van der Waals surface area (Å²) >= 11 is 0. The fraction of sp³-hybridized carbons (Fsp3) is 0.393. The Balaban J connectivity index is 1.74. The molecule has 1 spiro atoms. The molecule has 2 aliphatic carbocycles. The first-order valence-corrected chi connectivity index (χ1v) is 10.6. The smallest absolute Gasteiger partial charge is 0.201 e. The second-order valence-electron chi connectivity index (χ2n) is 8.56. The second-order valence-corrected chi connectivity index (χ2v) is 8.56. The maximum absolute atomic E-state index is 9.15. The second kappa shape index (κ2) is 7.13. The highest BCUT2D eigenvalue weighted by molar-refractivity contribution is 5.73. The van der Waals surface area contributed by atoms with Gasteiger partial charge in [-0.3, -0.25) is 0 Å². The van der Waals surface area contributed by atoms with Crippen molar-refractivity contribution >= 4 is 0 Å². The van der Waals surface area contributed by atoms with Gasteiger partial charge in [-0.15, -0.1) is 0 Å². The number of aryl methyl sites for hydroxylation is 3. The summed E-state index contributed by atoms with van der Waals surface area (Å²) in [5, 5.41) is 0. The minimum absolute atomic E-state index is 0.191. The van der Waals surface area contributed by atoms with Gasteiger partial charge in [0.25, 0.3) is 0 Å². The Hall–Kier alpha value is -2.41. The molecule has 148 valence electrons. The lowest BCUT2D eigenvalue weighted by molar-refractivity contribution is -0.660. The van der Waals surface area contributed by atoms with Crippen molar-refractivity contribution in [3.05, 3.63) is 77.0 Å². The monoisotopic (exact) mass is 389 g/mol. The summed E-state index contributed by atoms with van der Waals surface area (Å²) in [6, 6.07) is 15.0. The summed E-state index contributed by atoms with van der Waals surface area (Å²) in [5.41, 5.74) is 3.89. The predicted octanol–water partition coefficient (Wildman–Crippen LogP) is 6.51. The molecular weight excluding hydrogens is 350 g/mol. The summed E-state index contributed by atoms with van der Waals surface area (Å²) in [4.78, 5) is 0. The predicted molar refractivity (Wildman–Crippen MR) is 121 cm³/mol. The van der Waals surface area contributed by atoms with Crippen LogP contribution in [0, 0.1) is 19.2 Å². The Bertz CT molecular complexity index is 1330. The normalized spacial score (nSPS) is 25.0. The average Bonchev–Trinajstić information content (AvgIpc) is 2.95. The van der Waals surface area contributed by atoms with Crippen molar-refractivity contribution in [2.75, 3.05) is 0 Å². The standard InChI is InChI=1S/C28H32N/c1-20-9-5-6-10-25(20)27-16-26(21(2)19-29(27)3)22-11-12-23-17-28(18-24(23)15-22)13-7-4-8-14-28/h5-6,9-12,15-16,19H,4,7-8,13-14,17-18H2,1-3H3/q+1/i2D3,17D2,18D2. The van der Waals surface area contributed by atoms with Gasteiger partial charge in [0.2, 0.25) is 5.69 Å². The molecule has 29 heavy (non-hydrogen) atoms. The van der Waals surface area contributed by atoms with Crippen LogP contribution in [0.25, 0.3) is 22.4 Å². The Morgan fingerprint density at radius 3 is 2.48 bits per heavy atom. The van der Waals surface area contributed by atoms with Crippen LogP contribution in [0.4, 0.5) is 0 Å². The van der Waals surface area contributed by atoms with Crippen LogP contribution < -0.4 is 4.57 Å². The zero-order chi connectivity index (χ0) is 26.1.